The third-order valence-corrected chi connectivity index (χ3v) is 1.23. The lowest BCUT2D eigenvalue weighted by molar-refractivity contribution is 0.268. The van der Waals surface area contributed by atoms with Crippen LogP contribution in [0.1, 0.15) is 19.8 Å². The van der Waals surface area contributed by atoms with Gasteiger partial charge in [0.2, 0.25) is 0 Å². The van der Waals surface area contributed by atoms with Crippen LogP contribution in [0.15, 0.2) is 0 Å². The van der Waals surface area contributed by atoms with E-state index in [0.717, 1.165) is 12.8 Å². The standard InChI is InChI=1S/C4H8FN/c1-4(6-5)2-3-4/h6H,2-3H2,1H3. The van der Waals surface area contributed by atoms with Gasteiger partial charge in [0.15, 0.2) is 0 Å². The number of hydrogen-bond acceptors (Lipinski definition) is 1. The van der Waals surface area contributed by atoms with Crippen LogP contribution in [0.3, 0.4) is 0 Å². The zero-order chi connectivity index (χ0) is 4.62. The van der Waals surface area contributed by atoms with Crippen molar-refractivity contribution in [2.24, 2.45) is 0 Å². The van der Waals surface area contributed by atoms with Crippen LogP contribution >= 0.6 is 0 Å². The van der Waals surface area contributed by atoms with E-state index in [1.807, 2.05) is 6.92 Å². The molecule has 0 spiro atoms. The maximum atomic E-state index is 11.3. The van der Waals surface area contributed by atoms with Crippen molar-refractivity contribution in [2.75, 3.05) is 0 Å². The molecule has 0 atom stereocenters. The average molecular weight is 89.1 g/mol. The van der Waals surface area contributed by atoms with Gasteiger partial charge in [-0.1, -0.05) is 0 Å². The van der Waals surface area contributed by atoms with Crippen LogP contribution in [-0.4, -0.2) is 5.54 Å². The highest BCUT2D eigenvalue weighted by molar-refractivity contribution is 4.94. The minimum atomic E-state index is -0.125. The molecule has 0 aliphatic heterocycles. The second kappa shape index (κ2) is 0.936. The summed E-state index contributed by atoms with van der Waals surface area (Å²) in [4.78, 5) is 0. The van der Waals surface area contributed by atoms with Gasteiger partial charge in [0, 0.05) is 5.54 Å². The fourth-order valence-corrected chi connectivity index (χ4v) is 0.282. The van der Waals surface area contributed by atoms with Crippen LogP contribution in [0, 0.1) is 0 Å². The van der Waals surface area contributed by atoms with Gasteiger partial charge < -0.3 is 0 Å². The molecule has 0 aromatic rings. The molecule has 0 unspecified atom stereocenters. The molecule has 0 aromatic carbocycles. The molecule has 6 heavy (non-hydrogen) atoms. The number of halogens is 1. The highest BCUT2D eigenvalue weighted by atomic mass is 19.2. The van der Waals surface area contributed by atoms with Gasteiger partial charge in [-0.25, -0.2) is 0 Å². The lowest BCUT2D eigenvalue weighted by Crippen LogP contribution is -2.17. The summed E-state index contributed by atoms with van der Waals surface area (Å²) in [5, 5.41) is 0. The molecule has 1 aliphatic carbocycles. The van der Waals surface area contributed by atoms with Gasteiger partial charge in [0.25, 0.3) is 0 Å². The summed E-state index contributed by atoms with van der Waals surface area (Å²) < 4.78 is 11.3. The molecule has 1 nitrogen and oxygen atoms in total. The van der Waals surface area contributed by atoms with Crippen molar-refractivity contribution in [1.82, 2.24) is 5.54 Å². The highest BCUT2D eigenvalue weighted by Crippen LogP contribution is 2.33. The maximum Gasteiger partial charge on any atom is 0.0455 e. The Morgan fingerprint density at radius 1 is 1.67 bits per heavy atom. The average Bonchev–Trinajstić information content (AvgIpc) is 2.22. The Labute approximate surface area is 36.5 Å². The van der Waals surface area contributed by atoms with E-state index in [-0.39, 0.29) is 5.54 Å². The molecular formula is C4H8FN. The summed E-state index contributed by atoms with van der Waals surface area (Å²) in [7, 11) is 0. The Morgan fingerprint density at radius 2 is 2.17 bits per heavy atom. The number of hydrogen-bond donors (Lipinski definition) is 1. The number of rotatable bonds is 1. The second-order valence-corrected chi connectivity index (χ2v) is 2.16. The molecule has 0 saturated heterocycles. The van der Waals surface area contributed by atoms with E-state index in [2.05, 4.69) is 0 Å². The fraction of sp³-hybridized carbons (Fsp3) is 1.00. The largest absolute Gasteiger partial charge is 0.153 e. The van der Waals surface area contributed by atoms with E-state index in [9.17, 15) is 4.48 Å². The maximum absolute atomic E-state index is 11.3. The van der Waals surface area contributed by atoms with Crippen LogP contribution in [0.5, 0.6) is 0 Å². The van der Waals surface area contributed by atoms with Crippen LogP contribution in [0.4, 0.5) is 4.48 Å². The SMILES string of the molecule is CC1(NF)CC1. The zero-order valence-electron chi connectivity index (χ0n) is 3.79. The first-order valence-electron chi connectivity index (χ1n) is 2.15. The van der Waals surface area contributed by atoms with E-state index in [1.165, 1.54) is 0 Å². The smallest absolute Gasteiger partial charge is 0.0455 e. The normalized spacial score (nSPS) is 27.0. The molecule has 1 rings (SSSR count). The summed E-state index contributed by atoms with van der Waals surface area (Å²) in [6, 6.07) is 0. The minimum absolute atomic E-state index is 0.125. The zero-order valence-corrected chi connectivity index (χ0v) is 3.79. The molecule has 0 radical (unpaired) electrons. The number of nitrogens with one attached hydrogen (secondary N) is 1. The summed E-state index contributed by atoms with van der Waals surface area (Å²) in [6.07, 6.45) is 1.98. The van der Waals surface area contributed by atoms with Gasteiger partial charge in [-0.2, -0.15) is 5.54 Å². The van der Waals surface area contributed by atoms with Crippen LogP contribution in [0.2, 0.25) is 0 Å². The molecule has 2 heteroatoms. The minimum Gasteiger partial charge on any atom is -0.153 e. The molecule has 1 saturated carbocycles. The Hall–Kier alpha value is -0.110. The first-order valence-corrected chi connectivity index (χ1v) is 2.15. The molecule has 1 fully saturated rings. The fourth-order valence-electron chi connectivity index (χ4n) is 0.282. The van der Waals surface area contributed by atoms with Crippen molar-refractivity contribution >= 4 is 0 Å². The van der Waals surface area contributed by atoms with Crippen molar-refractivity contribution in [2.45, 2.75) is 25.3 Å². The predicted molar refractivity (Wildman–Crippen MR) is 21.9 cm³/mol. The summed E-state index contributed by atoms with van der Waals surface area (Å²) in [5.74, 6) is 0. The van der Waals surface area contributed by atoms with Gasteiger partial charge >= 0.3 is 0 Å². The van der Waals surface area contributed by atoms with Gasteiger partial charge in [-0.3, -0.25) is 0 Å². The first kappa shape index (κ1) is 4.06. The van der Waals surface area contributed by atoms with Gasteiger partial charge in [0.05, 0.1) is 0 Å². The van der Waals surface area contributed by atoms with E-state index >= 15 is 0 Å². The Morgan fingerprint density at radius 3 is 2.17 bits per heavy atom. The summed E-state index contributed by atoms with van der Waals surface area (Å²) in [6.45, 7) is 1.87. The van der Waals surface area contributed by atoms with E-state index < -0.39 is 0 Å². The third kappa shape index (κ3) is 0.522. The van der Waals surface area contributed by atoms with E-state index in [0.29, 0.717) is 0 Å². The van der Waals surface area contributed by atoms with Gasteiger partial charge in [0.1, 0.15) is 0 Å². The van der Waals surface area contributed by atoms with E-state index in [4.69, 9.17) is 0 Å². The van der Waals surface area contributed by atoms with E-state index in [1.54, 1.807) is 5.54 Å². The molecule has 0 heterocycles. The Kier molecular flexibility index (Phi) is 0.634. The van der Waals surface area contributed by atoms with Crippen molar-refractivity contribution in [3.8, 4) is 0 Å². The monoisotopic (exact) mass is 89.1 g/mol. The van der Waals surface area contributed by atoms with Crippen LogP contribution < -0.4 is 5.54 Å². The lowest BCUT2D eigenvalue weighted by atomic mass is 10.4. The van der Waals surface area contributed by atoms with Crippen LogP contribution in [-0.2, 0) is 0 Å². The lowest BCUT2D eigenvalue weighted by Gasteiger charge is -1.96. The topological polar surface area (TPSA) is 12.0 Å². The quantitative estimate of drug-likeness (QED) is 0.473. The van der Waals surface area contributed by atoms with Crippen LogP contribution in [0.25, 0.3) is 0 Å². The highest BCUT2D eigenvalue weighted by Gasteiger charge is 2.37. The third-order valence-electron chi connectivity index (χ3n) is 1.23. The van der Waals surface area contributed by atoms with Crippen molar-refractivity contribution in [3.63, 3.8) is 0 Å². The molecule has 0 bridgehead atoms. The molecule has 1 aliphatic rings. The molecule has 0 amide bonds. The summed E-state index contributed by atoms with van der Waals surface area (Å²) in [5.41, 5.74) is 1.59. The van der Waals surface area contributed by atoms with Gasteiger partial charge in [-0.05, 0) is 19.8 Å². The van der Waals surface area contributed by atoms with Crippen molar-refractivity contribution in [3.05, 3.63) is 0 Å². The predicted octanol–water partition coefficient (Wildman–Crippen LogP) is 1.01. The Balaban J connectivity index is 2.28. The molecular weight excluding hydrogens is 81.0 g/mol. The van der Waals surface area contributed by atoms with Crippen molar-refractivity contribution < 1.29 is 4.48 Å². The molecule has 36 valence electrons. The van der Waals surface area contributed by atoms with Crippen molar-refractivity contribution in [1.29, 1.82) is 0 Å². The molecule has 1 N–H and O–H groups in total. The second-order valence-electron chi connectivity index (χ2n) is 2.16. The Bertz CT molecular complexity index is 58.6. The molecule has 0 aromatic heterocycles. The summed E-state index contributed by atoms with van der Waals surface area (Å²) >= 11 is 0. The first-order chi connectivity index (χ1) is 2.77. The van der Waals surface area contributed by atoms with Gasteiger partial charge in [-0.15, -0.1) is 4.48 Å².